The number of nitrogens with zero attached hydrogens (tertiary/aromatic N) is 2. The number of aromatic nitrogens is 2. The van der Waals surface area contributed by atoms with E-state index in [2.05, 4.69) is 14.9 Å². The van der Waals surface area contributed by atoms with Gasteiger partial charge in [0.1, 0.15) is 17.2 Å². The molecule has 1 aliphatic heterocycles. The summed E-state index contributed by atoms with van der Waals surface area (Å²) >= 11 is 0. The Balaban J connectivity index is 1.37. The van der Waals surface area contributed by atoms with Crippen LogP contribution in [0.4, 0.5) is 13.2 Å². The Morgan fingerprint density at radius 3 is 2.61 bits per heavy atom. The summed E-state index contributed by atoms with van der Waals surface area (Å²) < 4.78 is 44.2. The second kappa shape index (κ2) is 7.39. The molecule has 0 saturated heterocycles. The van der Waals surface area contributed by atoms with E-state index in [1.54, 1.807) is 0 Å². The summed E-state index contributed by atoms with van der Waals surface area (Å²) in [5, 5.41) is 1.04. The molecule has 5 nitrogen and oxygen atoms in total. The topological polar surface area (TPSA) is 62.1 Å². The van der Waals surface area contributed by atoms with E-state index in [9.17, 15) is 18.0 Å². The average Bonchev–Trinajstić information content (AvgIpc) is 3.16. The third kappa shape index (κ3) is 3.86. The van der Waals surface area contributed by atoms with E-state index < -0.39 is 11.7 Å². The van der Waals surface area contributed by atoms with Gasteiger partial charge in [-0.2, -0.15) is 13.2 Å². The summed E-state index contributed by atoms with van der Waals surface area (Å²) in [7, 11) is 0. The Bertz CT molecular complexity index is 1270. The molecule has 2 aromatic heterocycles. The zero-order chi connectivity index (χ0) is 21.6. The summed E-state index contributed by atoms with van der Waals surface area (Å²) in [6.07, 6.45) is -3.83. The lowest BCUT2D eigenvalue weighted by Crippen LogP contribution is -2.35. The molecule has 8 heteroatoms. The number of benzene rings is 2. The van der Waals surface area contributed by atoms with E-state index in [-0.39, 0.29) is 11.4 Å². The van der Waals surface area contributed by atoms with Crippen LogP contribution in [-0.4, -0.2) is 21.4 Å². The van der Waals surface area contributed by atoms with Gasteiger partial charge in [0.15, 0.2) is 0 Å². The summed E-state index contributed by atoms with van der Waals surface area (Å²) in [6, 6.07) is 14.4. The lowest BCUT2D eigenvalue weighted by atomic mass is 10.1. The Morgan fingerprint density at radius 1 is 1.10 bits per heavy atom. The molecule has 158 valence electrons. The number of alkyl halides is 3. The molecule has 0 atom stereocenters. The number of aromatic amines is 1. The lowest BCUT2D eigenvalue weighted by molar-refractivity contribution is -0.137. The molecule has 0 radical (unpaired) electrons. The van der Waals surface area contributed by atoms with Crippen LogP contribution in [0.15, 0.2) is 63.8 Å². The van der Waals surface area contributed by atoms with Gasteiger partial charge in [-0.15, -0.1) is 0 Å². The molecule has 0 amide bonds. The maximum Gasteiger partial charge on any atom is 0.416 e. The van der Waals surface area contributed by atoms with Gasteiger partial charge in [0.2, 0.25) is 0 Å². The van der Waals surface area contributed by atoms with Crippen LogP contribution in [0, 0.1) is 0 Å². The van der Waals surface area contributed by atoms with Crippen LogP contribution in [0.3, 0.4) is 0 Å². The highest BCUT2D eigenvalue weighted by molar-refractivity contribution is 5.77. The summed E-state index contributed by atoms with van der Waals surface area (Å²) in [4.78, 5) is 22.1. The van der Waals surface area contributed by atoms with Crippen molar-refractivity contribution < 1.29 is 17.6 Å². The molecular weight excluding hydrogens is 407 g/mol. The van der Waals surface area contributed by atoms with Crippen molar-refractivity contribution in [2.45, 2.75) is 25.7 Å². The molecule has 0 unspecified atom stereocenters. The molecular formula is C23H18F3N3O2. The highest BCUT2D eigenvalue weighted by atomic mass is 19.4. The van der Waals surface area contributed by atoms with Gasteiger partial charge in [0.05, 0.1) is 23.4 Å². The number of fused-ring (bicyclic) bond motifs is 2. The molecule has 1 aliphatic rings. The third-order valence-electron chi connectivity index (χ3n) is 5.49. The van der Waals surface area contributed by atoms with Crippen LogP contribution < -0.4 is 5.56 Å². The summed E-state index contributed by atoms with van der Waals surface area (Å²) in [6.45, 7) is 1.71. The fourth-order valence-corrected chi connectivity index (χ4v) is 3.90. The van der Waals surface area contributed by atoms with Gasteiger partial charge < -0.3 is 9.40 Å². The molecule has 0 fully saturated rings. The summed E-state index contributed by atoms with van der Waals surface area (Å²) in [5.41, 5.74) is 1.53. The largest absolute Gasteiger partial charge is 0.460 e. The number of hydrogen-bond acceptors (Lipinski definition) is 4. The minimum absolute atomic E-state index is 0.269. The van der Waals surface area contributed by atoms with Crippen LogP contribution in [0.1, 0.15) is 22.6 Å². The number of halogens is 3. The van der Waals surface area contributed by atoms with E-state index in [0.717, 1.165) is 28.9 Å². The van der Waals surface area contributed by atoms with Crippen molar-refractivity contribution >= 4 is 11.0 Å². The van der Waals surface area contributed by atoms with E-state index >= 15 is 0 Å². The van der Waals surface area contributed by atoms with Crippen molar-refractivity contribution in [3.8, 4) is 11.4 Å². The number of rotatable bonds is 3. The van der Waals surface area contributed by atoms with Gasteiger partial charge in [-0.25, -0.2) is 4.98 Å². The zero-order valence-electron chi connectivity index (χ0n) is 16.4. The first kappa shape index (κ1) is 19.6. The Hall–Kier alpha value is -3.39. The Labute approximate surface area is 175 Å². The first-order valence-corrected chi connectivity index (χ1v) is 9.86. The van der Waals surface area contributed by atoms with E-state index in [0.29, 0.717) is 42.9 Å². The number of hydrogen-bond donors (Lipinski definition) is 1. The fourth-order valence-electron chi connectivity index (χ4n) is 3.90. The van der Waals surface area contributed by atoms with E-state index in [4.69, 9.17) is 4.42 Å². The minimum Gasteiger partial charge on any atom is -0.460 e. The SMILES string of the molecule is O=c1[nH]c(-c2ccc(C(F)(F)F)cc2)nc2c1CN(Cc1cc3ccccc3o1)CC2. The molecule has 2 aromatic carbocycles. The fraction of sp³-hybridized carbons (Fsp3) is 0.217. The van der Waals surface area contributed by atoms with Crippen molar-refractivity contribution in [3.05, 3.63) is 87.5 Å². The molecule has 0 aliphatic carbocycles. The number of furan rings is 1. The van der Waals surface area contributed by atoms with Gasteiger partial charge >= 0.3 is 6.18 Å². The highest BCUT2D eigenvalue weighted by Gasteiger charge is 2.30. The molecule has 4 aromatic rings. The molecule has 3 heterocycles. The van der Waals surface area contributed by atoms with E-state index in [1.165, 1.54) is 12.1 Å². The smallest absolute Gasteiger partial charge is 0.416 e. The lowest BCUT2D eigenvalue weighted by Gasteiger charge is -2.26. The van der Waals surface area contributed by atoms with Gasteiger partial charge in [-0.05, 0) is 24.3 Å². The molecule has 31 heavy (non-hydrogen) atoms. The second-order valence-corrected chi connectivity index (χ2v) is 7.63. The van der Waals surface area contributed by atoms with Crippen LogP contribution in [0.25, 0.3) is 22.4 Å². The standard InChI is InChI=1S/C23H18F3N3O2/c24-23(25,26)16-7-5-14(6-8-16)21-27-19-9-10-29(13-18(19)22(30)28-21)12-17-11-15-3-1-2-4-20(15)31-17/h1-8,11H,9-10,12-13H2,(H,27,28,30). The van der Waals surface area contributed by atoms with E-state index in [1.807, 2.05) is 30.3 Å². The van der Waals surface area contributed by atoms with Crippen molar-refractivity contribution in [2.24, 2.45) is 0 Å². The van der Waals surface area contributed by atoms with Crippen LogP contribution >= 0.6 is 0 Å². The van der Waals surface area contributed by atoms with Gasteiger partial charge in [0, 0.05) is 30.5 Å². The van der Waals surface area contributed by atoms with Gasteiger partial charge in [-0.1, -0.05) is 30.3 Å². The Morgan fingerprint density at radius 2 is 1.87 bits per heavy atom. The van der Waals surface area contributed by atoms with Crippen LogP contribution in [0.2, 0.25) is 0 Å². The van der Waals surface area contributed by atoms with Crippen molar-refractivity contribution in [1.82, 2.24) is 14.9 Å². The van der Waals surface area contributed by atoms with Crippen LogP contribution in [-0.2, 0) is 25.7 Å². The predicted octanol–water partition coefficient (Wildman–Crippen LogP) is 4.76. The van der Waals surface area contributed by atoms with Crippen LogP contribution in [0.5, 0.6) is 0 Å². The molecule has 0 bridgehead atoms. The molecule has 0 saturated carbocycles. The van der Waals surface area contributed by atoms with Crippen molar-refractivity contribution in [1.29, 1.82) is 0 Å². The second-order valence-electron chi connectivity index (χ2n) is 7.63. The minimum atomic E-state index is -4.40. The highest BCUT2D eigenvalue weighted by Crippen LogP contribution is 2.30. The zero-order valence-corrected chi connectivity index (χ0v) is 16.4. The van der Waals surface area contributed by atoms with Gasteiger partial charge in [0.25, 0.3) is 5.56 Å². The van der Waals surface area contributed by atoms with Crippen molar-refractivity contribution in [3.63, 3.8) is 0 Å². The number of nitrogens with one attached hydrogen (secondary N) is 1. The normalized spacial score (nSPS) is 14.7. The number of H-pyrrole nitrogens is 1. The summed E-state index contributed by atoms with van der Waals surface area (Å²) in [5.74, 6) is 1.11. The predicted molar refractivity (Wildman–Crippen MR) is 109 cm³/mol. The Kier molecular flexibility index (Phi) is 4.66. The number of para-hydroxylation sites is 1. The molecule has 5 rings (SSSR count). The quantitative estimate of drug-likeness (QED) is 0.514. The molecule has 1 N–H and O–H groups in total. The van der Waals surface area contributed by atoms with Crippen molar-refractivity contribution in [2.75, 3.05) is 6.54 Å². The first-order chi connectivity index (χ1) is 14.9. The maximum atomic E-state index is 12.8. The first-order valence-electron chi connectivity index (χ1n) is 9.86. The third-order valence-corrected chi connectivity index (χ3v) is 5.49. The molecule has 0 spiro atoms. The monoisotopic (exact) mass is 425 g/mol. The average molecular weight is 425 g/mol. The maximum absolute atomic E-state index is 12.8. The van der Waals surface area contributed by atoms with Gasteiger partial charge in [-0.3, -0.25) is 9.69 Å².